The molecular weight excluding hydrogens is 226 g/mol. The summed E-state index contributed by atoms with van der Waals surface area (Å²) in [6.45, 7) is 6.40. The number of hydrogen-bond acceptors (Lipinski definition) is 3. The summed E-state index contributed by atoms with van der Waals surface area (Å²) in [5.74, 6) is 2.10. The van der Waals surface area contributed by atoms with Crippen LogP contribution in [0.3, 0.4) is 0 Å². The van der Waals surface area contributed by atoms with E-state index in [2.05, 4.69) is 18.0 Å². The van der Waals surface area contributed by atoms with Crippen molar-refractivity contribution < 1.29 is 9.47 Å². The van der Waals surface area contributed by atoms with E-state index in [1.165, 1.54) is 0 Å². The van der Waals surface area contributed by atoms with Gasteiger partial charge in [0.25, 0.3) is 0 Å². The molecule has 0 spiro atoms. The molecule has 1 N–H and O–H groups in total. The van der Waals surface area contributed by atoms with Gasteiger partial charge in [-0.3, -0.25) is 0 Å². The van der Waals surface area contributed by atoms with E-state index < -0.39 is 0 Å². The van der Waals surface area contributed by atoms with E-state index in [0.29, 0.717) is 5.92 Å². The van der Waals surface area contributed by atoms with Crippen molar-refractivity contribution in [2.45, 2.75) is 12.8 Å². The van der Waals surface area contributed by atoms with Crippen LogP contribution in [-0.4, -0.2) is 27.3 Å². The predicted molar refractivity (Wildman–Crippen MR) is 74.2 cm³/mol. The highest BCUT2D eigenvalue weighted by Crippen LogP contribution is 2.39. The van der Waals surface area contributed by atoms with Crippen LogP contribution in [0.25, 0.3) is 5.57 Å². The summed E-state index contributed by atoms with van der Waals surface area (Å²) in [5.41, 5.74) is 2.23. The summed E-state index contributed by atoms with van der Waals surface area (Å²) in [5, 5.41) is 3.38. The van der Waals surface area contributed by atoms with Crippen LogP contribution in [0.2, 0.25) is 0 Å². The van der Waals surface area contributed by atoms with E-state index in [1.807, 2.05) is 12.1 Å². The molecule has 0 saturated carbocycles. The van der Waals surface area contributed by atoms with Crippen molar-refractivity contribution in [1.29, 1.82) is 0 Å². The molecule has 0 amide bonds. The second-order valence-electron chi connectivity index (χ2n) is 4.59. The molecule has 2 rings (SSSR count). The van der Waals surface area contributed by atoms with Gasteiger partial charge in [0.05, 0.1) is 14.2 Å². The lowest BCUT2D eigenvalue weighted by atomic mass is 9.86. The number of benzene rings is 1. The Bertz CT molecular complexity index is 423. The zero-order valence-electron chi connectivity index (χ0n) is 11.2. The first kappa shape index (κ1) is 13.0. The summed E-state index contributed by atoms with van der Waals surface area (Å²) >= 11 is 0. The number of rotatable bonds is 4. The third-order valence-electron chi connectivity index (χ3n) is 3.58. The normalized spacial score (nSPS) is 16.3. The number of allylic oxidation sites excluding steroid dienone is 1. The van der Waals surface area contributed by atoms with Crippen LogP contribution < -0.4 is 14.8 Å². The number of ether oxygens (including phenoxy) is 2. The monoisotopic (exact) mass is 247 g/mol. The first-order valence-electron chi connectivity index (χ1n) is 6.38. The molecule has 3 nitrogen and oxygen atoms in total. The van der Waals surface area contributed by atoms with Gasteiger partial charge in [-0.05, 0) is 43.5 Å². The largest absolute Gasteiger partial charge is 0.493 e. The molecule has 1 aliphatic heterocycles. The quantitative estimate of drug-likeness (QED) is 0.887. The first-order valence-corrected chi connectivity index (χ1v) is 6.38. The zero-order valence-corrected chi connectivity index (χ0v) is 11.2. The molecule has 0 aliphatic carbocycles. The fourth-order valence-corrected chi connectivity index (χ4v) is 2.53. The van der Waals surface area contributed by atoms with Gasteiger partial charge in [0.1, 0.15) is 0 Å². The van der Waals surface area contributed by atoms with Crippen molar-refractivity contribution >= 4 is 5.57 Å². The van der Waals surface area contributed by atoms with Crippen LogP contribution in [0.15, 0.2) is 24.8 Å². The number of para-hydroxylation sites is 1. The summed E-state index contributed by atoms with van der Waals surface area (Å²) in [4.78, 5) is 0. The SMILES string of the molecule is C=C(c1cccc(OC)c1OC)C1CCNCC1. The molecule has 1 aromatic rings. The van der Waals surface area contributed by atoms with Gasteiger partial charge < -0.3 is 14.8 Å². The summed E-state index contributed by atoms with van der Waals surface area (Å²) in [6.07, 6.45) is 2.28. The van der Waals surface area contributed by atoms with Crippen molar-refractivity contribution in [1.82, 2.24) is 5.32 Å². The van der Waals surface area contributed by atoms with E-state index in [-0.39, 0.29) is 0 Å². The minimum atomic E-state index is 0.534. The zero-order chi connectivity index (χ0) is 13.0. The molecule has 0 bridgehead atoms. The van der Waals surface area contributed by atoms with Crippen molar-refractivity contribution in [3.8, 4) is 11.5 Å². The van der Waals surface area contributed by atoms with Gasteiger partial charge in [0.15, 0.2) is 11.5 Å². The smallest absolute Gasteiger partial charge is 0.168 e. The standard InChI is InChI=1S/C15H21NO2/c1-11(12-7-9-16-10-8-12)13-5-4-6-14(17-2)15(13)18-3/h4-6,12,16H,1,7-10H2,2-3H3. The van der Waals surface area contributed by atoms with Gasteiger partial charge in [-0.15, -0.1) is 0 Å². The van der Waals surface area contributed by atoms with Gasteiger partial charge in [-0.2, -0.15) is 0 Å². The van der Waals surface area contributed by atoms with Crippen molar-refractivity contribution in [3.05, 3.63) is 30.3 Å². The topological polar surface area (TPSA) is 30.5 Å². The van der Waals surface area contributed by atoms with Crippen LogP contribution in [0.4, 0.5) is 0 Å². The molecule has 98 valence electrons. The molecule has 0 radical (unpaired) electrons. The molecule has 18 heavy (non-hydrogen) atoms. The third-order valence-corrected chi connectivity index (χ3v) is 3.58. The average Bonchev–Trinajstić information content (AvgIpc) is 2.46. The molecule has 3 heteroatoms. The van der Waals surface area contributed by atoms with Crippen molar-refractivity contribution in [2.24, 2.45) is 5.92 Å². The average molecular weight is 247 g/mol. The maximum Gasteiger partial charge on any atom is 0.168 e. The van der Waals surface area contributed by atoms with Crippen LogP contribution in [0.1, 0.15) is 18.4 Å². The molecule has 0 aromatic heterocycles. The van der Waals surface area contributed by atoms with Crippen LogP contribution in [-0.2, 0) is 0 Å². The van der Waals surface area contributed by atoms with E-state index in [9.17, 15) is 0 Å². The first-order chi connectivity index (χ1) is 8.77. The molecular formula is C15H21NO2. The van der Waals surface area contributed by atoms with Crippen LogP contribution in [0.5, 0.6) is 11.5 Å². The fraction of sp³-hybridized carbons (Fsp3) is 0.467. The van der Waals surface area contributed by atoms with Gasteiger partial charge in [-0.1, -0.05) is 18.7 Å². The van der Waals surface area contributed by atoms with E-state index in [0.717, 1.165) is 48.6 Å². The highest BCUT2D eigenvalue weighted by molar-refractivity contribution is 5.73. The Balaban J connectivity index is 2.28. The Morgan fingerprint density at radius 3 is 2.56 bits per heavy atom. The lowest BCUT2D eigenvalue weighted by Gasteiger charge is -2.26. The lowest BCUT2D eigenvalue weighted by Crippen LogP contribution is -2.28. The van der Waals surface area contributed by atoms with Crippen molar-refractivity contribution in [3.63, 3.8) is 0 Å². The third kappa shape index (κ3) is 2.51. The van der Waals surface area contributed by atoms with E-state index in [1.54, 1.807) is 14.2 Å². The van der Waals surface area contributed by atoms with Crippen LogP contribution in [0, 0.1) is 5.92 Å². The minimum Gasteiger partial charge on any atom is -0.493 e. The van der Waals surface area contributed by atoms with E-state index in [4.69, 9.17) is 9.47 Å². The van der Waals surface area contributed by atoms with Gasteiger partial charge in [0, 0.05) is 5.56 Å². The lowest BCUT2D eigenvalue weighted by molar-refractivity contribution is 0.353. The second-order valence-corrected chi connectivity index (χ2v) is 4.59. The minimum absolute atomic E-state index is 0.534. The van der Waals surface area contributed by atoms with Gasteiger partial charge >= 0.3 is 0 Å². The summed E-state index contributed by atoms with van der Waals surface area (Å²) in [7, 11) is 3.34. The molecule has 1 fully saturated rings. The Labute approximate surface area is 109 Å². The number of nitrogens with one attached hydrogen (secondary N) is 1. The van der Waals surface area contributed by atoms with Crippen molar-refractivity contribution in [2.75, 3.05) is 27.3 Å². The summed E-state index contributed by atoms with van der Waals surface area (Å²) in [6, 6.07) is 5.96. The Kier molecular flexibility index (Phi) is 4.26. The maximum absolute atomic E-state index is 5.48. The Hall–Kier alpha value is -1.48. The molecule has 1 heterocycles. The van der Waals surface area contributed by atoms with E-state index >= 15 is 0 Å². The maximum atomic E-state index is 5.48. The van der Waals surface area contributed by atoms with Gasteiger partial charge in [0.2, 0.25) is 0 Å². The van der Waals surface area contributed by atoms with Crippen LogP contribution >= 0.6 is 0 Å². The highest BCUT2D eigenvalue weighted by atomic mass is 16.5. The summed E-state index contributed by atoms with van der Waals surface area (Å²) < 4.78 is 10.8. The Morgan fingerprint density at radius 2 is 1.94 bits per heavy atom. The number of piperidine rings is 1. The Morgan fingerprint density at radius 1 is 1.22 bits per heavy atom. The second kappa shape index (κ2) is 5.91. The highest BCUT2D eigenvalue weighted by Gasteiger charge is 2.21. The molecule has 1 saturated heterocycles. The van der Waals surface area contributed by atoms with Gasteiger partial charge in [-0.25, -0.2) is 0 Å². The molecule has 1 aliphatic rings. The number of hydrogen-bond donors (Lipinski definition) is 1. The number of methoxy groups -OCH3 is 2. The predicted octanol–water partition coefficient (Wildman–Crippen LogP) is 2.72. The fourth-order valence-electron chi connectivity index (χ4n) is 2.53. The molecule has 0 atom stereocenters. The molecule has 0 unspecified atom stereocenters. The molecule has 1 aromatic carbocycles.